The van der Waals surface area contributed by atoms with E-state index < -0.39 is 0 Å². The van der Waals surface area contributed by atoms with Crippen LogP contribution in [0.25, 0.3) is 0 Å². The number of phenols is 1. The third-order valence-corrected chi connectivity index (χ3v) is 3.82. The van der Waals surface area contributed by atoms with Gasteiger partial charge >= 0.3 is 0 Å². The molecule has 98 valence electrons. The molecule has 4 heteroatoms. The summed E-state index contributed by atoms with van der Waals surface area (Å²) in [5.41, 5.74) is 9.43. The fourth-order valence-electron chi connectivity index (χ4n) is 2.65. The van der Waals surface area contributed by atoms with E-state index in [4.69, 9.17) is 17.3 Å². The van der Waals surface area contributed by atoms with Crippen molar-refractivity contribution in [2.45, 2.75) is 12.6 Å². The highest BCUT2D eigenvalue weighted by atomic mass is 35.5. The molecule has 1 unspecified atom stereocenters. The van der Waals surface area contributed by atoms with Gasteiger partial charge < -0.3 is 15.7 Å². The summed E-state index contributed by atoms with van der Waals surface area (Å²) in [5.74, 6) is 0.271. The molecular formula is C15H15ClN2O. The average molecular weight is 275 g/mol. The van der Waals surface area contributed by atoms with Crippen LogP contribution in [0.15, 0.2) is 42.5 Å². The van der Waals surface area contributed by atoms with Crippen molar-refractivity contribution in [2.24, 2.45) is 5.73 Å². The van der Waals surface area contributed by atoms with Gasteiger partial charge in [-0.05, 0) is 47.5 Å². The summed E-state index contributed by atoms with van der Waals surface area (Å²) < 4.78 is 0. The smallest absolute Gasteiger partial charge is 0.115 e. The molecular weight excluding hydrogens is 260 g/mol. The second kappa shape index (κ2) is 4.76. The summed E-state index contributed by atoms with van der Waals surface area (Å²) in [5, 5.41) is 10.1. The van der Waals surface area contributed by atoms with E-state index in [0.29, 0.717) is 6.54 Å². The number of fused-ring (bicyclic) bond motifs is 1. The molecule has 0 aromatic heterocycles. The molecule has 1 atom stereocenters. The highest BCUT2D eigenvalue weighted by Gasteiger charge is 2.29. The fraction of sp³-hybridized carbons (Fsp3) is 0.200. The SMILES string of the molecule is NCC1c2cc(Cl)ccc2CN1c1ccc(O)cc1. The molecule has 2 aromatic rings. The van der Waals surface area contributed by atoms with Crippen LogP contribution in [0, 0.1) is 0 Å². The van der Waals surface area contributed by atoms with E-state index in [-0.39, 0.29) is 11.8 Å². The van der Waals surface area contributed by atoms with Gasteiger partial charge in [0.1, 0.15) is 5.75 Å². The number of phenolic OH excluding ortho intramolecular Hbond substituents is 1. The van der Waals surface area contributed by atoms with Crippen LogP contribution in [0.1, 0.15) is 17.2 Å². The van der Waals surface area contributed by atoms with Crippen molar-refractivity contribution in [3.63, 3.8) is 0 Å². The molecule has 0 amide bonds. The first-order valence-corrected chi connectivity index (χ1v) is 6.61. The molecule has 0 saturated carbocycles. The van der Waals surface area contributed by atoms with Crippen molar-refractivity contribution in [3.8, 4) is 5.75 Å². The Balaban J connectivity index is 1.99. The topological polar surface area (TPSA) is 49.5 Å². The number of aromatic hydroxyl groups is 1. The monoisotopic (exact) mass is 274 g/mol. The highest BCUT2D eigenvalue weighted by molar-refractivity contribution is 6.30. The molecule has 19 heavy (non-hydrogen) atoms. The van der Waals surface area contributed by atoms with E-state index >= 15 is 0 Å². The quantitative estimate of drug-likeness (QED) is 0.885. The largest absolute Gasteiger partial charge is 0.508 e. The molecule has 0 fully saturated rings. The van der Waals surface area contributed by atoms with E-state index in [0.717, 1.165) is 17.3 Å². The molecule has 3 N–H and O–H groups in total. The van der Waals surface area contributed by atoms with Crippen LogP contribution in [-0.4, -0.2) is 11.7 Å². The van der Waals surface area contributed by atoms with E-state index in [2.05, 4.69) is 11.0 Å². The Labute approximate surface area is 117 Å². The molecule has 1 aliphatic heterocycles. The lowest BCUT2D eigenvalue weighted by atomic mass is 10.1. The second-order valence-electron chi connectivity index (χ2n) is 4.74. The van der Waals surface area contributed by atoms with Crippen LogP contribution in [0.2, 0.25) is 5.02 Å². The second-order valence-corrected chi connectivity index (χ2v) is 5.18. The van der Waals surface area contributed by atoms with Crippen molar-refractivity contribution in [3.05, 3.63) is 58.6 Å². The van der Waals surface area contributed by atoms with E-state index in [1.54, 1.807) is 12.1 Å². The third kappa shape index (κ3) is 2.15. The van der Waals surface area contributed by atoms with Gasteiger partial charge in [-0.15, -0.1) is 0 Å². The van der Waals surface area contributed by atoms with Crippen LogP contribution < -0.4 is 10.6 Å². The summed E-state index contributed by atoms with van der Waals surface area (Å²) in [6.07, 6.45) is 0. The fourth-order valence-corrected chi connectivity index (χ4v) is 2.83. The maximum Gasteiger partial charge on any atom is 0.115 e. The number of nitrogens with zero attached hydrogens (tertiary/aromatic N) is 1. The summed E-state index contributed by atoms with van der Waals surface area (Å²) in [7, 11) is 0. The summed E-state index contributed by atoms with van der Waals surface area (Å²) in [6.45, 7) is 1.35. The van der Waals surface area contributed by atoms with Crippen LogP contribution >= 0.6 is 11.6 Å². The molecule has 2 aromatic carbocycles. The summed E-state index contributed by atoms with van der Waals surface area (Å²) in [4.78, 5) is 2.24. The van der Waals surface area contributed by atoms with Crippen LogP contribution in [0.5, 0.6) is 5.75 Å². The molecule has 3 nitrogen and oxygen atoms in total. The molecule has 0 aliphatic carbocycles. The number of benzene rings is 2. The molecule has 0 spiro atoms. The minimum absolute atomic E-state index is 0.137. The van der Waals surface area contributed by atoms with E-state index in [1.165, 1.54) is 11.1 Å². The Morgan fingerprint density at radius 1 is 1.21 bits per heavy atom. The maximum atomic E-state index is 9.37. The van der Waals surface area contributed by atoms with Gasteiger partial charge in [0.15, 0.2) is 0 Å². The number of hydrogen-bond donors (Lipinski definition) is 2. The van der Waals surface area contributed by atoms with Crippen molar-refractivity contribution < 1.29 is 5.11 Å². The van der Waals surface area contributed by atoms with Crippen LogP contribution in [-0.2, 0) is 6.54 Å². The first-order valence-electron chi connectivity index (χ1n) is 6.23. The number of anilines is 1. The summed E-state index contributed by atoms with van der Waals surface area (Å²) >= 11 is 6.07. The number of rotatable bonds is 2. The first-order chi connectivity index (χ1) is 9.19. The summed E-state index contributed by atoms with van der Waals surface area (Å²) in [6, 6.07) is 13.3. The lowest BCUT2D eigenvalue weighted by Gasteiger charge is -2.26. The Morgan fingerprint density at radius 3 is 2.63 bits per heavy atom. The lowest BCUT2D eigenvalue weighted by molar-refractivity contribution is 0.475. The molecule has 1 heterocycles. The molecule has 0 bridgehead atoms. The van der Waals surface area contributed by atoms with Crippen molar-refractivity contribution in [2.75, 3.05) is 11.4 Å². The van der Waals surface area contributed by atoms with Crippen molar-refractivity contribution in [1.29, 1.82) is 0 Å². The van der Waals surface area contributed by atoms with Crippen LogP contribution in [0.4, 0.5) is 5.69 Å². The minimum atomic E-state index is 0.137. The van der Waals surface area contributed by atoms with Gasteiger partial charge in [0.2, 0.25) is 0 Å². The van der Waals surface area contributed by atoms with E-state index in [9.17, 15) is 5.11 Å². The number of nitrogens with two attached hydrogens (primary N) is 1. The number of halogens is 1. The van der Waals surface area contributed by atoms with Crippen LogP contribution in [0.3, 0.4) is 0 Å². The predicted octanol–water partition coefficient (Wildman–Crippen LogP) is 3.07. The Bertz CT molecular complexity index is 598. The Hall–Kier alpha value is -1.71. The average Bonchev–Trinajstić information content (AvgIpc) is 2.77. The standard InChI is InChI=1S/C15H15ClN2O/c16-11-2-1-10-9-18(15(8-17)14(10)7-11)12-3-5-13(19)6-4-12/h1-7,15,19H,8-9,17H2. The van der Waals surface area contributed by atoms with Crippen molar-refractivity contribution >= 4 is 17.3 Å². The zero-order chi connectivity index (χ0) is 13.4. The molecule has 3 rings (SSSR count). The van der Waals surface area contributed by atoms with Gasteiger partial charge in [0.05, 0.1) is 6.04 Å². The van der Waals surface area contributed by atoms with Gasteiger partial charge in [0, 0.05) is 23.8 Å². The van der Waals surface area contributed by atoms with Gasteiger partial charge in [-0.25, -0.2) is 0 Å². The van der Waals surface area contributed by atoms with Gasteiger partial charge in [-0.1, -0.05) is 17.7 Å². The Kier molecular flexibility index (Phi) is 3.09. The zero-order valence-electron chi connectivity index (χ0n) is 10.4. The van der Waals surface area contributed by atoms with E-state index in [1.807, 2.05) is 24.3 Å². The maximum absolute atomic E-state index is 9.37. The lowest BCUT2D eigenvalue weighted by Crippen LogP contribution is -2.27. The third-order valence-electron chi connectivity index (χ3n) is 3.59. The first kappa shape index (κ1) is 12.3. The Morgan fingerprint density at radius 2 is 1.95 bits per heavy atom. The molecule has 0 saturated heterocycles. The van der Waals surface area contributed by atoms with Gasteiger partial charge in [-0.3, -0.25) is 0 Å². The van der Waals surface area contributed by atoms with Crippen molar-refractivity contribution in [1.82, 2.24) is 0 Å². The highest BCUT2D eigenvalue weighted by Crippen LogP contribution is 2.38. The zero-order valence-corrected chi connectivity index (χ0v) is 11.1. The normalized spacial score (nSPS) is 17.6. The minimum Gasteiger partial charge on any atom is -0.508 e. The molecule has 1 aliphatic rings. The van der Waals surface area contributed by atoms with Gasteiger partial charge in [0.25, 0.3) is 0 Å². The number of hydrogen-bond acceptors (Lipinski definition) is 3. The molecule has 0 radical (unpaired) electrons. The predicted molar refractivity (Wildman–Crippen MR) is 77.5 cm³/mol. The van der Waals surface area contributed by atoms with Gasteiger partial charge in [-0.2, -0.15) is 0 Å².